The molecule has 0 saturated heterocycles. The summed E-state index contributed by atoms with van der Waals surface area (Å²) < 4.78 is 76.1. The van der Waals surface area contributed by atoms with Crippen molar-refractivity contribution in [2.45, 2.75) is 46.6 Å². The maximum atomic E-state index is 11.8. The zero-order valence-corrected chi connectivity index (χ0v) is 32.0. The van der Waals surface area contributed by atoms with Gasteiger partial charge in [-0.1, -0.05) is 54.7 Å². The molecule has 0 unspecified atom stereocenters. The molecule has 1 aromatic heterocycles. The van der Waals surface area contributed by atoms with Crippen LogP contribution in [0.15, 0.2) is 78.2 Å². The van der Waals surface area contributed by atoms with Crippen molar-refractivity contribution in [3.8, 4) is 16.9 Å². The summed E-state index contributed by atoms with van der Waals surface area (Å²) in [5.41, 5.74) is 6.94. The van der Waals surface area contributed by atoms with Gasteiger partial charge in [-0.15, -0.1) is 0 Å². The first-order chi connectivity index (χ1) is 21.3. The molecule has 0 atom stereocenters. The molecular formula is C33H36KN2O7S3+. The molecule has 1 aliphatic heterocycles. The van der Waals surface area contributed by atoms with Crippen molar-refractivity contribution in [2.24, 2.45) is 0 Å². The van der Waals surface area contributed by atoms with E-state index in [-0.39, 0.29) is 64.4 Å². The second-order valence-electron chi connectivity index (χ2n) is 11.1. The van der Waals surface area contributed by atoms with Crippen LogP contribution in [0, 0.1) is 13.8 Å². The van der Waals surface area contributed by atoms with Gasteiger partial charge in [-0.25, -0.2) is 8.42 Å². The molecule has 2 heterocycles. The van der Waals surface area contributed by atoms with Gasteiger partial charge >= 0.3 is 51.4 Å². The van der Waals surface area contributed by atoms with Crippen LogP contribution in [0.25, 0.3) is 27.4 Å². The van der Waals surface area contributed by atoms with Crippen LogP contribution >= 0.6 is 11.3 Å². The van der Waals surface area contributed by atoms with Crippen LogP contribution in [0.4, 0.5) is 5.69 Å². The summed E-state index contributed by atoms with van der Waals surface area (Å²) >= 11 is 1.62. The summed E-state index contributed by atoms with van der Waals surface area (Å²) in [4.78, 5) is 1.77. The van der Waals surface area contributed by atoms with E-state index < -0.39 is 31.7 Å². The van der Waals surface area contributed by atoms with Crippen LogP contribution in [-0.2, 0) is 26.8 Å². The van der Waals surface area contributed by atoms with Gasteiger partial charge < -0.3 is 14.2 Å². The Balaban J connectivity index is 0.00000480. The fourth-order valence-corrected chi connectivity index (χ4v) is 7.48. The van der Waals surface area contributed by atoms with Gasteiger partial charge in [0, 0.05) is 36.9 Å². The minimum atomic E-state index is -4.28. The number of hydrogen-bond acceptors (Lipinski definition) is 8. The maximum absolute atomic E-state index is 11.8. The summed E-state index contributed by atoms with van der Waals surface area (Å²) in [7, 11) is -8.50. The fourth-order valence-electron chi connectivity index (χ4n) is 5.26. The van der Waals surface area contributed by atoms with E-state index in [1.807, 2.05) is 61.5 Å². The second kappa shape index (κ2) is 15.5. The Morgan fingerprint density at radius 2 is 1.70 bits per heavy atom. The van der Waals surface area contributed by atoms with E-state index in [1.54, 1.807) is 16.2 Å². The van der Waals surface area contributed by atoms with Gasteiger partial charge in [-0.3, -0.25) is 4.55 Å². The first kappa shape index (κ1) is 36.9. The summed E-state index contributed by atoms with van der Waals surface area (Å²) in [6.45, 7) is 6.68. The number of fused-ring (bicyclic) bond motifs is 2. The van der Waals surface area contributed by atoms with Crippen molar-refractivity contribution in [3.05, 3.63) is 94.3 Å². The molecule has 1 aliphatic rings. The zero-order valence-electron chi connectivity index (χ0n) is 26.4. The number of nitrogens with zero attached hydrogens (tertiary/aromatic N) is 2. The van der Waals surface area contributed by atoms with Crippen molar-refractivity contribution >= 4 is 53.6 Å². The van der Waals surface area contributed by atoms with Gasteiger partial charge in [0.25, 0.3) is 15.1 Å². The molecule has 0 fully saturated rings. The predicted molar refractivity (Wildman–Crippen MR) is 178 cm³/mol. The number of aromatic nitrogens is 1. The van der Waals surface area contributed by atoms with Crippen LogP contribution in [0.1, 0.15) is 42.3 Å². The number of hydrogen-bond donors (Lipinski definition) is 1. The zero-order chi connectivity index (χ0) is 32.4. The molecule has 0 saturated carbocycles. The molecule has 46 heavy (non-hydrogen) atoms. The standard InChI is InChI=1S/C33H36N2O7S3.K/c1-4-25(21-33-35(14-8-9-16-44(36,37)38)29-18-23(2)24(3)19-31(29)43-33)20-32-34(15-17-45(39,40)41)28-22-27(12-13-30(28)42-32)26-10-6-5-7-11-26;/h5-7,10-13,18-22H,4,8-9,14-17H2,1-3H3,(H-,36,37,38,39,40,41);/q;+1. The third-order valence-corrected chi connectivity index (χ3v) is 10.4. The molecular weight excluding hydrogens is 672 g/mol. The largest absolute Gasteiger partial charge is 1.00 e. The van der Waals surface area contributed by atoms with E-state index in [0.717, 1.165) is 37.5 Å². The second-order valence-corrected chi connectivity index (χ2v) is 15.3. The van der Waals surface area contributed by atoms with Crippen LogP contribution in [0.3, 0.4) is 0 Å². The molecule has 13 heteroatoms. The van der Waals surface area contributed by atoms with Crippen molar-refractivity contribution in [1.82, 2.24) is 0 Å². The Morgan fingerprint density at radius 1 is 0.978 bits per heavy atom. The Labute approximate surface area is 317 Å². The molecule has 3 aromatic carbocycles. The van der Waals surface area contributed by atoms with Gasteiger partial charge in [0.05, 0.1) is 21.6 Å². The van der Waals surface area contributed by atoms with E-state index in [9.17, 15) is 25.9 Å². The molecule has 0 bridgehead atoms. The number of allylic oxidation sites excluding steroid dienone is 2. The average molecular weight is 708 g/mol. The third-order valence-electron chi connectivity index (χ3n) is 7.81. The van der Waals surface area contributed by atoms with E-state index in [4.69, 9.17) is 4.74 Å². The number of ether oxygens (including phenoxy) is 1. The summed E-state index contributed by atoms with van der Waals surface area (Å²) in [5, 5.41) is 0.958. The fraction of sp³-hybridized carbons (Fsp3) is 0.303. The quantitative estimate of drug-likeness (QED) is 0.103. The van der Waals surface area contributed by atoms with E-state index in [0.29, 0.717) is 36.7 Å². The minimum Gasteiger partial charge on any atom is -0.748 e. The smallest absolute Gasteiger partial charge is 0.748 e. The Hall–Kier alpha value is -1.91. The van der Waals surface area contributed by atoms with Crippen LogP contribution in [-0.4, -0.2) is 44.0 Å². The molecule has 0 spiro atoms. The monoisotopic (exact) mass is 707 g/mol. The molecule has 0 aliphatic carbocycles. The van der Waals surface area contributed by atoms with Crippen LogP contribution in [0.2, 0.25) is 0 Å². The van der Waals surface area contributed by atoms with Gasteiger partial charge in [0.1, 0.15) is 4.70 Å². The summed E-state index contributed by atoms with van der Waals surface area (Å²) in [5.74, 6) is 0.172. The molecule has 0 radical (unpaired) electrons. The van der Waals surface area contributed by atoms with Crippen molar-refractivity contribution in [2.75, 3.05) is 23.0 Å². The Morgan fingerprint density at radius 3 is 2.37 bits per heavy atom. The van der Waals surface area contributed by atoms with Gasteiger partial charge in [-0.2, -0.15) is 13.0 Å². The van der Waals surface area contributed by atoms with Crippen LogP contribution in [0.5, 0.6) is 5.75 Å². The predicted octanol–water partition coefficient (Wildman–Crippen LogP) is 3.22. The van der Waals surface area contributed by atoms with Crippen molar-refractivity contribution < 1.29 is 86.6 Å². The molecule has 238 valence electrons. The SMILES string of the molecule is CCC(/C=C1\Oc2ccc(-c3ccccc3)cc2N1CCS(=O)(=O)O)=C\c1sc2cc(C)c(C)cc2[n+]1CCCCS(=O)(=O)[O-].[K+]. The number of benzene rings is 3. The maximum Gasteiger partial charge on any atom is 1.00 e. The number of rotatable bonds is 12. The summed E-state index contributed by atoms with van der Waals surface area (Å²) in [6, 6.07) is 19.9. The van der Waals surface area contributed by atoms with E-state index >= 15 is 0 Å². The van der Waals surface area contributed by atoms with Crippen molar-refractivity contribution in [1.29, 1.82) is 0 Å². The topological polar surface area (TPSA) is 128 Å². The van der Waals surface area contributed by atoms with Crippen LogP contribution < -0.4 is 65.6 Å². The molecule has 5 rings (SSSR count). The molecule has 4 aromatic rings. The number of thiazole rings is 1. The number of anilines is 1. The Kier molecular flexibility index (Phi) is 12.5. The van der Waals surface area contributed by atoms with E-state index in [1.165, 1.54) is 5.56 Å². The minimum absolute atomic E-state index is 0. The van der Waals surface area contributed by atoms with Gasteiger partial charge in [-0.05, 0) is 72.7 Å². The average Bonchev–Trinajstić information content (AvgIpc) is 3.49. The van der Waals surface area contributed by atoms with E-state index in [2.05, 4.69) is 36.6 Å². The van der Waals surface area contributed by atoms with Crippen molar-refractivity contribution in [3.63, 3.8) is 0 Å². The van der Waals surface area contributed by atoms with Gasteiger partial charge in [0.2, 0.25) is 11.4 Å². The normalized spacial score (nSPS) is 14.4. The molecule has 1 N–H and O–H groups in total. The third kappa shape index (κ3) is 9.37. The Bertz CT molecular complexity index is 2010. The molecule has 0 amide bonds. The number of unbranched alkanes of at least 4 members (excludes halogenated alkanes) is 1. The van der Waals surface area contributed by atoms with Gasteiger partial charge in [0.15, 0.2) is 12.3 Å². The first-order valence-corrected chi connectivity index (χ1v) is 18.7. The summed E-state index contributed by atoms with van der Waals surface area (Å²) in [6.07, 6.45) is 5.40. The molecule has 9 nitrogen and oxygen atoms in total. The first-order valence-electron chi connectivity index (χ1n) is 14.7. The number of aryl methyl sites for hydroxylation is 3.